The summed E-state index contributed by atoms with van der Waals surface area (Å²) in [6.45, 7) is 11.5. The Hall–Kier alpha value is -2.18. The van der Waals surface area contributed by atoms with Crippen LogP contribution in [0.1, 0.15) is 56.2 Å². The number of rotatable bonds is 4. The molecule has 0 bridgehead atoms. The molecule has 2 aromatic rings. The molecule has 0 spiro atoms. The van der Waals surface area contributed by atoms with Gasteiger partial charge in [0.15, 0.2) is 0 Å². The molecule has 3 heterocycles. The van der Waals surface area contributed by atoms with E-state index in [1.807, 2.05) is 27.2 Å². The van der Waals surface area contributed by atoms with Gasteiger partial charge in [0, 0.05) is 43.5 Å². The van der Waals surface area contributed by atoms with Crippen LogP contribution in [0, 0.1) is 5.41 Å². The first-order valence-electron chi connectivity index (χ1n) is 11.7. The Kier molecular flexibility index (Phi) is 6.72. The summed E-state index contributed by atoms with van der Waals surface area (Å²) in [6.07, 6.45) is 1.54. The molecule has 32 heavy (non-hydrogen) atoms. The second-order valence-corrected chi connectivity index (χ2v) is 11.3. The minimum atomic E-state index is -0.0228. The van der Waals surface area contributed by atoms with Crippen molar-refractivity contribution in [3.8, 4) is 0 Å². The molecule has 2 aliphatic rings. The molecule has 0 saturated carbocycles. The highest BCUT2D eigenvalue weighted by Gasteiger charge is 2.35. The molecule has 0 N–H and O–H groups in total. The third-order valence-electron chi connectivity index (χ3n) is 6.50. The molecule has 1 aromatic heterocycles. The maximum Gasteiger partial charge on any atom is 0.236 e. The van der Waals surface area contributed by atoms with Crippen LogP contribution in [0.5, 0.6) is 0 Å². The maximum atomic E-state index is 13.3. The molecule has 4 rings (SSSR count). The van der Waals surface area contributed by atoms with Crippen LogP contribution in [0.4, 0.5) is 0 Å². The number of hydrogen-bond acceptors (Lipinski definition) is 4. The molecule has 1 saturated heterocycles. The molecule has 2 atom stereocenters. The number of thiophene rings is 1. The minimum absolute atomic E-state index is 0.0228. The Balaban J connectivity index is 1.43. The van der Waals surface area contributed by atoms with Gasteiger partial charge in [-0.3, -0.25) is 14.5 Å². The topological polar surface area (TPSA) is 43.9 Å². The second-order valence-electron chi connectivity index (χ2n) is 10.3. The van der Waals surface area contributed by atoms with Crippen molar-refractivity contribution in [3.05, 3.63) is 57.8 Å². The smallest absolute Gasteiger partial charge is 0.236 e. The number of hydrogen-bond donors (Lipinski definition) is 0. The van der Waals surface area contributed by atoms with E-state index in [2.05, 4.69) is 68.3 Å². The van der Waals surface area contributed by atoms with Crippen molar-refractivity contribution in [2.24, 2.45) is 5.41 Å². The first kappa shape index (κ1) is 23.0. The maximum absolute atomic E-state index is 13.3. The zero-order valence-electron chi connectivity index (χ0n) is 19.7. The highest BCUT2D eigenvalue weighted by Crippen LogP contribution is 2.37. The van der Waals surface area contributed by atoms with Gasteiger partial charge in [0.05, 0.1) is 12.6 Å². The van der Waals surface area contributed by atoms with E-state index in [0.717, 1.165) is 13.0 Å². The van der Waals surface area contributed by atoms with Gasteiger partial charge in [-0.05, 0) is 41.3 Å². The van der Waals surface area contributed by atoms with Crippen LogP contribution in [0.2, 0.25) is 0 Å². The van der Waals surface area contributed by atoms with Crippen molar-refractivity contribution >= 4 is 23.2 Å². The Morgan fingerprint density at radius 2 is 1.78 bits per heavy atom. The average molecular weight is 454 g/mol. The Labute approximate surface area is 196 Å². The molecule has 0 aliphatic carbocycles. The summed E-state index contributed by atoms with van der Waals surface area (Å²) >= 11 is 1.82. The quantitative estimate of drug-likeness (QED) is 0.697. The van der Waals surface area contributed by atoms with Crippen molar-refractivity contribution in [1.29, 1.82) is 0 Å². The van der Waals surface area contributed by atoms with Crippen molar-refractivity contribution in [2.45, 2.75) is 52.6 Å². The molecule has 2 aliphatic heterocycles. The fourth-order valence-corrected chi connectivity index (χ4v) is 5.85. The molecule has 1 fully saturated rings. The van der Waals surface area contributed by atoms with Gasteiger partial charge in [0.25, 0.3) is 0 Å². The molecule has 1 aromatic carbocycles. The number of carbonyl (C=O) groups is 2. The van der Waals surface area contributed by atoms with E-state index in [4.69, 9.17) is 0 Å². The average Bonchev–Trinajstić information content (AvgIpc) is 3.21. The standard InChI is InChI=1S/C26H35N3O2S/c1-19-17-27(13-14-29(19)23(30)16-26(2,3)4)24(31)18-28-12-10-22-21(11-15-32-22)25(28)20-8-6-5-7-9-20/h5-9,11,15,19,25H,10,12-14,16-18H2,1-4H3/t19-,25-/m0/s1. The predicted molar refractivity (Wildman–Crippen MR) is 130 cm³/mol. The molecule has 172 valence electrons. The van der Waals surface area contributed by atoms with E-state index in [1.165, 1.54) is 16.0 Å². The highest BCUT2D eigenvalue weighted by atomic mass is 32.1. The molecule has 2 amide bonds. The summed E-state index contributed by atoms with van der Waals surface area (Å²) in [7, 11) is 0. The Morgan fingerprint density at radius 3 is 2.47 bits per heavy atom. The monoisotopic (exact) mass is 453 g/mol. The van der Waals surface area contributed by atoms with Crippen molar-refractivity contribution < 1.29 is 9.59 Å². The van der Waals surface area contributed by atoms with Crippen LogP contribution in [0.15, 0.2) is 41.8 Å². The molecule has 0 radical (unpaired) electrons. The first-order valence-corrected chi connectivity index (χ1v) is 12.5. The first-order chi connectivity index (χ1) is 15.2. The lowest BCUT2D eigenvalue weighted by atomic mass is 9.91. The van der Waals surface area contributed by atoms with Crippen LogP contribution >= 0.6 is 11.3 Å². The fourth-order valence-electron chi connectivity index (χ4n) is 4.95. The van der Waals surface area contributed by atoms with E-state index in [-0.39, 0.29) is 29.3 Å². The lowest BCUT2D eigenvalue weighted by Crippen LogP contribution is -2.57. The van der Waals surface area contributed by atoms with Gasteiger partial charge in [-0.1, -0.05) is 51.1 Å². The summed E-state index contributed by atoms with van der Waals surface area (Å²) in [6, 6.07) is 12.9. The second kappa shape index (κ2) is 9.36. The van der Waals surface area contributed by atoms with Crippen LogP contribution in [-0.4, -0.2) is 65.3 Å². The Bertz CT molecular complexity index is 949. The summed E-state index contributed by atoms with van der Waals surface area (Å²) in [5, 5.41) is 2.17. The van der Waals surface area contributed by atoms with Gasteiger partial charge in [0.1, 0.15) is 0 Å². The summed E-state index contributed by atoms with van der Waals surface area (Å²) in [5.41, 5.74) is 2.56. The minimum Gasteiger partial charge on any atom is -0.338 e. The lowest BCUT2D eigenvalue weighted by Gasteiger charge is -2.42. The van der Waals surface area contributed by atoms with Gasteiger partial charge < -0.3 is 9.80 Å². The van der Waals surface area contributed by atoms with E-state index in [1.54, 1.807) is 0 Å². The largest absolute Gasteiger partial charge is 0.338 e. The van der Waals surface area contributed by atoms with Crippen molar-refractivity contribution in [2.75, 3.05) is 32.7 Å². The Morgan fingerprint density at radius 1 is 1.03 bits per heavy atom. The van der Waals surface area contributed by atoms with E-state index >= 15 is 0 Å². The van der Waals surface area contributed by atoms with Crippen molar-refractivity contribution in [1.82, 2.24) is 14.7 Å². The van der Waals surface area contributed by atoms with Crippen LogP contribution in [0.3, 0.4) is 0 Å². The van der Waals surface area contributed by atoms with Gasteiger partial charge in [0.2, 0.25) is 11.8 Å². The zero-order chi connectivity index (χ0) is 22.9. The fraction of sp³-hybridized carbons (Fsp3) is 0.538. The van der Waals surface area contributed by atoms with Gasteiger partial charge >= 0.3 is 0 Å². The number of amides is 2. The zero-order valence-corrected chi connectivity index (χ0v) is 20.5. The van der Waals surface area contributed by atoms with Crippen LogP contribution in [0.25, 0.3) is 0 Å². The SMILES string of the molecule is C[C@H]1CN(C(=O)CN2CCc3sccc3[C@@H]2c2ccccc2)CCN1C(=O)CC(C)(C)C. The molecular formula is C26H35N3O2S. The molecular weight excluding hydrogens is 418 g/mol. The molecule has 5 nitrogen and oxygen atoms in total. The van der Waals surface area contributed by atoms with Gasteiger partial charge in [-0.15, -0.1) is 11.3 Å². The van der Waals surface area contributed by atoms with E-state index in [9.17, 15) is 9.59 Å². The third kappa shape index (κ3) is 5.07. The lowest BCUT2D eigenvalue weighted by molar-refractivity contribution is -0.144. The van der Waals surface area contributed by atoms with Crippen molar-refractivity contribution in [3.63, 3.8) is 0 Å². The van der Waals surface area contributed by atoms with Crippen LogP contribution < -0.4 is 0 Å². The summed E-state index contributed by atoms with van der Waals surface area (Å²) in [4.78, 5) is 33.7. The normalized spacial score (nSPS) is 22.0. The number of carbonyl (C=O) groups excluding carboxylic acids is 2. The van der Waals surface area contributed by atoms with E-state index < -0.39 is 0 Å². The highest BCUT2D eigenvalue weighted by molar-refractivity contribution is 7.10. The number of piperazine rings is 1. The van der Waals surface area contributed by atoms with Gasteiger partial charge in [-0.2, -0.15) is 0 Å². The van der Waals surface area contributed by atoms with Crippen LogP contribution in [-0.2, 0) is 16.0 Å². The summed E-state index contributed by atoms with van der Waals surface area (Å²) in [5.74, 6) is 0.363. The summed E-state index contributed by atoms with van der Waals surface area (Å²) < 4.78 is 0. The number of benzene rings is 1. The third-order valence-corrected chi connectivity index (χ3v) is 7.50. The predicted octanol–water partition coefficient (Wildman–Crippen LogP) is 4.19. The van der Waals surface area contributed by atoms with E-state index in [0.29, 0.717) is 32.6 Å². The molecule has 6 heteroatoms. The number of fused-ring (bicyclic) bond motifs is 1. The molecule has 0 unspecified atom stereocenters. The number of nitrogens with zero attached hydrogens (tertiary/aromatic N) is 3. The van der Waals surface area contributed by atoms with Gasteiger partial charge in [-0.25, -0.2) is 0 Å².